The zero-order valence-electron chi connectivity index (χ0n) is 9.22. The number of nitrogens with zero attached hydrogens (tertiary/aromatic N) is 1. The fraction of sp³-hybridized carbons (Fsp3) is 0.133. The van der Waals surface area contributed by atoms with Gasteiger partial charge in [-0.1, -0.05) is 60.2 Å². The molecule has 1 aliphatic rings. The van der Waals surface area contributed by atoms with Crippen LogP contribution in [0.25, 0.3) is 0 Å². The lowest BCUT2D eigenvalue weighted by Gasteiger charge is -1.98. The number of aryl methyl sites for hydroxylation is 1. The summed E-state index contributed by atoms with van der Waals surface area (Å²) < 4.78 is 0. The fourth-order valence-electron chi connectivity index (χ4n) is 1.93. The molecule has 0 aromatic heterocycles. The molecule has 0 saturated carbocycles. The number of benzene rings is 2. The van der Waals surface area contributed by atoms with Gasteiger partial charge in [0.05, 0.1) is 5.71 Å². The molecule has 0 aliphatic carbocycles. The molecule has 16 heavy (non-hydrogen) atoms. The van der Waals surface area contributed by atoms with Crippen molar-refractivity contribution in [3.05, 3.63) is 71.3 Å². The van der Waals surface area contributed by atoms with E-state index < -0.39 is 0 Å². The van der Waals surface area contributed by atoms with Crippen molar-refractivity contribution in [3.8, 4) is 0 Å². The highest BCUT2D eigenvalue weighted by Crippen LogP contribution is 2.34. The van der Waals surface area contributed by atoms with Crippen LogP contribution in [0.5, 0.6) is 0 Å². The maximum Gasteiger partial charge on any atom is 0.118 e. The van der Waals surface area contributed by atoms with Crippen molar-refractivity contribution in [1.29, 1.82) is 0 Å². The van der Waals surface area contributed by atoms with Crippen molar-refractivity contribution in [2.24, 2.45) is 4.99 Å². The molecular formula is C15H13N. The maximum absolute atomic E-state index is 4.54. The van der Waals surface area contributed by atoms with E-state index in [4.69, 9.17) is 0 Å². The lowest BCUT2D eigenvalue weighted by molar-refractivity contribution is 1.13. The smallest absolute Gasteiger partial charge is 0.118 e. The fourth-order valence-corrected chi connectivity index (χ4v) is 1.93. The molecule has 0 N–H and O–H groups in total. The first-order chi connectivity index (χ1) is 7.84. The first kappa shape index (κ1) is 9.34. The second-order valence-corrected chi connectivity index (χ2v) is 4.19. The molecule has 1 heteroatoms. The van der Waals surface area contributed by atoms with Crippen LogP contribution in [0.2, 0.25) is 0 Å². The number of aliphatic imine (C=N–C) groups is 1. The van der Waals surface area contributed by atoms with Crippen LogP contribution in [-0.2, 0) is 0 Å². The van der Waals surface area contributed by atoms with Crippen molar-refractivity contribution in [1.82, 2.24) is 0 Å². The summed E-state index contributed by atoms with van der Waals surface area (Å²) in [5.74, 6) is 0. The van der Waals surface area contributed by atoms with Crippen LogP contribution in [0.15, 0.2) is 59.6 Å². The molecule has 78 valence electrons. The summed E-state index contributed by atoms with van der Waals surface area (Å²) in [7, 11) is 0. The van der Waals surface area contributed by atoms with Crippen molar-refractivity contribution in [2.45, 2.75) is 13.0 Å². The van der Waals surface area contributed by atoms with Crippen LogP contribution in [0.4, 0.5) is 0 Å². The SMILES string of the molecule is Cc1ccc(C2=NC2c2ccccc2)cc1. The molecule has 1 aliphatic heterocycles. The van der Waals surface area contributed by atoms with Crippen LogP contribution in [0.1, 0.15) is 22.7 Å². The predicted molar refractivity (Wildman–Crippen MR) is 66.9 cm³/mol. The minimum atomic E-state index is 0.295. The van der Waals surface area contributed by atoms with Gasteiger partial charge in [0.25, 0.3) is 0 Å². The molecule has 1 atom stereocenters. The van der Waals surface area contributed by atoms with E-state index in [0.717, 1.165) is 0 Å². The molecule has 2 aromatic carbocycles. The van der Waals surface area contributed by atoms with E-state index in [1.54, 1.807) is 0 Å². The van der Waals surface area contributed by atoms with Gasteiger partial charge in [0.1, 0.15) is 6.04 Å². The molecule has 0 saturated heterocycles. The van der Waals surface area contributed by atoms with Gasteiger partial charge >= 0.3 is 0 Å². The quantitative estimate of drug-likeness (QED) is 0.714. The Hall–Kier alpha value is -1.89. The molecule has 1 heterocycles. The summed E-state index contributed by atoms with van der Waals surface area (Å²) >= 11 is 0. The van der Waals surface area contributed by atoms with Crippen molar-refractivity contribution in [3.63, 3.8) is 0 Å². The number of rotatable bonds is 2. The molecule has 1 unspecified atom stereocenters. The van der Waals surface area contributed by atoms with Gasteiger partial charge in [-0.05, 0) is 18.1 Å². The normalized spacial score (nSPS) is 18.1. The van der Waals surface area contributed by atoms with Crippen molar-refractivity contribution < 1.29 is 0 Å². The van der Waals surface area contributed by atoms with E-state index >= 15 is 0 Å². The largest absolute Gasteiger partial charge is 0.272 e. The Morgan fingerprint density at radius 2 is 1.56 bits per heavy atom. The van der Waals surface area contributed by atoms with Crippen LogP contribution < -0.4 is 0 Å². The Morgan fingerprint density at radius 1 is 0.875 bits per heavy atom. The van der Waals surface area contributed by atoms with Gasteiger partial charge in [0.15, 0.2) is 0 Å². The van der Waals surface area contributed by atoms with Gasteiger partial charge < -0.3 is 0 Å². The first-order valence-electron chi connectivity index (χ1n) is 5.54. The highest BCUT2D eigenvalue weighted by molar-refractivity contribution is 6.13. The van der Waals surface area contributed by atoms with Crippen LogP contribution in [-0.4, -0.2) is 5.71 Å². The van der Waals surface area contributed by atoms with Crippen LogP contribution in [0.3, 0.4) is 0 Å². The third-order valence-corrected chi connectivity index (χ3v) is 2.92. The standard InChI is InChI=1S/C15H13N/c1-11-7-9-13(10-8-11)15-14(16-15)12-5-3-2-4-6-12/h2-10,14H,1H3. The summed E-state index contributed by atoms with van der Waals surface area (Å²) in [5.41, 5.74) is 5.05. The third kappa shape index (κ3) is 1.65. The van der Waals surface area contributed by atoms with Gasteiger partial charge in [0.2, 0.25) is 0 Å². The lowest BCUT2D eigenvalue weighted by Crippen LogP contribution is -1.93. The Kier molecular flexibility index (Phi) is 2.10. The Bertz CT molecular complexity index is 523. The van der Waals surface area contributed by atoms with Gasteiger partial charge in [-0.25, -0.2) is 0 Å². The number of hydrogen-bond acceptors (Lipinski definition) is 1. The molecular weight excluding hydrogens is 194 g/mol. The number of hydrogen-bond donors (Lipinski definition) is 0. The zero-order valence-corrected chi connectivity index (χ0v) is 9.22. The van der Waals surface area contributed by atoms with E-state index in [1.807, 2.05) is 6.07 Å². The van der Waals surface area contributed by atoms with Crippen molar-refractivity contribution >= 4 is 5.71 Å². The van der Waals surface area contributed by atoms with Crippen molar-refractivity contribution in [2.75, 3.05) is 0 Å². The molecule has 3 rings (SSSR count). The molecule has 0 fully saturated rings. The first-order valence-corrected chi connectivity index (χ1v) is 5.54. The molecule has 0 bridgehead atoms. The summed E-state index contributed by atoms with van der Waals surface area (Å²) in [6, 6.07) is 19.3. The molecule has 0 amide bonds. The molecule has 2 aromatic rings. The van der Waals surface area contributed by atoms with E-state index in [2.05, 4.69) is 60.4 Å². The lowest BCUT2D eigenvalue weighted by atomic mass is 10.0. The highest BCUT2D eigenvalue weighted by Gasteiger charge is 2.29. The van der Waals surface area contributed by atoms with E-state index in [9.17, 15) is 0 Å². The summed E-state index contributed by atoms with van der Waals surface area (Å²) in [4.78, 5) is 4.54. The van der Waals surface area contributed by atoms with E-state index in [0.29, 0.717) is 6.04 Å². The van der Waals surface area contributed by atoms with E-state index in [-0.39, 0.29) is 0 Å². The average Bonchev–Trinajstić information content (AvgIpc) is 3.11. The second kappa shape index (κ2) is 3.60. The topological polar surface area (TPSA) is 12.4 Å². The van der Waals surface area contributed by atoms with Gasteiger partial charge in [-0.2, -0.15) is 0 Å². The monoisotopic (exact) mass is 207 g/mol. The third-order valence-electron chi connectivity index (χ3n) is 2.92. The molecule has 0 spiro atoms. The maximum atomic E-state index is 4.54. The summed E-state index contributed by atoms with van der Waals surface area (Å²) in [5, 5.41) is 0. The van der Waals surface area contributed by atoms with E-state index in [1.165, 1.54) is 22.4 Å². The molecule has 0 radical (unpaired) electrons. The summed E-state index contributed by atoms with van der Waals surface area (Å²) in [6.07, 6.45) is 0. The zero-order chi connectivity index (χ0) is 11.0. The average molecular weight is 207 g/mol. The molecule has 1 nitrogen and oxygen atoms in total. The minimum absolute atomic E-state index is 0.295. The van der Waals surface area contributed by atoms with Gasteiger partial charge in [0, 0.05) is 0 Å². The summed E-state index contributed by atoms with van der Waals surface area (Å²) in [6.45, 7) is 2.10. The predicted octanol–water partition coefficient (Wildman–Crippen LogP) is 3.54. The minimum Gasteiger partial charge on any atom is -0.272 e. The Morgan fingerprint density at radius 3 is 2.25 bits per heavy atom. The van der Waals surface area contributed by atoms with Crippen LogP contribution >= 0.6 is 0 Å². The highest BCUT2D eigenvalue weighted by atomic mass is 15.0. The Balaban J connectivity index is 1.81. The van der Waals surface area contributed by atoms with Gasteiger partial charge in [-0.15, -0.1) is 0 Å². The second-order valence-electron chi connectivity index (χ2n) is 4.19. The van der Waals surface area contributed by atoms with Crippen LogP contribution in [0, 0.1) is 6.92 Å². The Labute approximate surface area is 95.5 Å². The van der Waals surface area contributed by atoms with Gasteiger partial charge in [-0.3, -0.25) is 4.99 Å².